The summed E-state index contributed by atoms with van der Waals surface area (Å²) in [5, 5.41) is 0. The number of rotatable bonds is 8. The van der Waals surface area contributed by atoms with Gasteiger partial charge in [-0.25, -0.2) is 8.42 Å². The lowest BCUT2D eigenvalue weighted by Crippen LogP contribution is -2.44. The molecule has 5 nitrogen and oxygen atoms in total. The Kier molecular flexibility index (Phi) is 7.32. The Morgan fingerprint density at radius 1 is 1.00 bits per heavy atom. The molecular formula is C24H32N2O3S. The lowest BCUT2D eigenvalue weighted by atomic mass is 9.87. The van der Waals surface area contributed by atoms with Crippen molar-refractivity contribution >= 4 is 15.9 Å². The number of carbonyl (C=O) groups excluding carboxylic acids is 1. The van der Waals surface area contributed by atoms with E-state index < -0.39 is 10.0 Å². The van der Waals surface area contributed by atoms with Gasteiger partial charge >= 0.3 is 0 Å². The second-order valence-corrected chi connectivity index (χ2v) is 9.72. The van der Waals surface area contributed by atoms with E-state index in [0.29, 0.717) is 25.2 Å². The maximum Gasteiger partial charge on any atom is 0.254 e. The number of nitrogens with zero attached hydrogens (tertiary/aromatic N) is 2. The predicted octanol–water partition coefficient (Wildman–Crippen LogP) is 4.13. The van der Waals surface area contributed by atoms with Gasteiger partial charge in [-0.3, -0.25) is 4.79 Å². The van der Waals surface area contributed by atoms with Crippen LogP contribution < -0.4 is 0 Å². The van der Waals surface area contributed by atoms with Crippen molar-refractivity contribution in [2.75, 3.05) is 19.6 Å². The summed E-state index contributed by atoms with van der Waals surface area (Å²) in [6.45, 7) is 7.18. The normalized spacial score (nSPS) is 16.3. The molecule has 1 amide bonds. The number of fused-ring (bicyclic) bond motifs is 1. The fourth-order valence-electron chi connectivity index (χ4n) is 4.30. The molecule has 0 bridgehead atoms. The zero-order valence-electron chi connectivity index (χ0n) is 18.2. The van der Waals surface area contributed by atoms with E-state index in [9.17, 15) is 13.2 Å². The van der Waals surface area contributed by atoms with Crippen LogP contribution in [0.5, 0.6) is 0 Å². The van der Waals surface area contributed by atoms with Crippen LogP contribution in [0.4, 0.5) is 0 Å². The molecule has 30 heavy (non-hydrogen) atoms. The van der Waals surface area contributed by atoms with Gasteiger partial charge in [-0.05, 0) is 55.0 Å². The molecule has 3 rings (SSSR count). The Morgan fingerprint density at radius 3 is 2.37 bits per heavy atom. The molecule has 2 aromatic rings. The van der Waals surface area contributed by atoms with E-state index >= 15 is 0 Å². The van der Waals surface area contributed by atoms with E-state index in [1.165, 1.54) is 21.5 Å². The third kappa shape index (κ3) is 4.60. The van der Waals surface area contributed by atoms with Crippen molar-refractivity contribution in [3.05, 3.63) is 65.2 Å². The van der Waals surface area contributed by atoms with E-state index in [4.69, 9.17) is 0 Å². The summed E-state index contributed by atoms with van der Waals surface area (Å²) in [5.74, 6) is -0.0853. The van der Waals surface area contributed by atoms with Crippen molar-refractivity contribution in [3.8, 4) is 0 Å². The van der Waals surface area contributed by atoms with Crippen molar-refractivity contribution in [3.63, 3.8) is 0 Å². The average Bonchev–Trinajstić information content (AvgIpc) is 2.77. The summed E-state index contributed by atoms with van der Waals surface area (Å²) >= 11 is 0. The van der Waals surface area contributed by atoms with Gasteiger partial charge in [0.25, 0.3) is 5.91 Å². The molecule has 0 fully saturated rings. The highest BCUT2D eigenvalue weighted by Gasteiger charge is 2.29. The molecule has 0 aliphatic heterocycles. The average molecular weight is 429 g/mol. The lowest BCUT2D eigenvalue weighted by molar-refractivity contribution is 0.0661. The van der Waals surface area contributed by atoms with E-state index in [1.807, 2.05) is 18.7 Å². The molecule has 0 aromatic heterocycles. The Bertz CT molecular complexity index is 983. The van der Waals surface area contributed by atoms with Crippen molar-refractivity contribution < 1.29 is 13.2 Å². The summed E-state index contributed by atoms with van der Waals surface area (Å²) < 4.78 is 27.2. The zero-order valence-corrected chi connectivity index (χ0v) is 19.0. The van der Waals surface area contributed by atoms with Gasteiger partial charge < -0.3 is 4.90 Å². The van der Waals surface area contributed by atoms with Crippen molar-refractivity contribution in [2.45, 2.75) is 57.4 Å². The van der Waals surface area contributed by atoms with Crippen molar-refractivity contribution in [1.82, 2.24) is 9.21 Å². The molecule has 0 saturated heterocycles. The topological polar surface area (TPSA) is 57.7 Å². The second kappa shape index (κ2) is 9.75. The predicted molar refractivity (Wildman–Crippen MR) is 120 cm³/mol. The number of carbonyl (C=O) groups is 1. The molecule has 2 aromatic carbocycles. The highest BCUT2D eigenvalue weighted by atomic mass is 32.2. The molecule has 1 aliphatic carbocycles. The number of hydrogen-bond acceptors (Lipinski definition) is 3. The number of sulfonamides is 1. The van der Waals surface area contributed by atoms with E-state index in [1.54, 1.807) is 18.2 Å². The molecule has 0 heterocycles. The molecule has 162 valence electrons. The van der Waals surface area contributed by atoms with Gasteiger partial charge in [0.1, 0.15) is 0 Å². The summed E-state index contributed by atoms with van der Waals surface area (Å²) in [6.07, 6.45) is 3.60. The molecule has 1 aliphatic rings. The second-order valence-electron chi connectivity index (χ2n) is 7.78. The fourth-order valence-corrected chi connectivity index (χ4v) is 5.81. The van der Waals surface area contributed by atoms with Crippen LogP contribution in [-0.4, -0.2) is 49.2 Å². The molecule has 1 atom stereocenters. The summed E-state index contributed by atoms with van der Waals surface area (Å²) in [5.41, 5.74) is 3.11. The number of amides is 1. The quantitative estimate of drug-likeness (QED) is 0.635. The SMILES string of the molecule is CCCN(C(=O)c1cccc(S(=O)(=O)N(CC)CC)c1)C1CCc2ccccc2C1. The number of hydrogen-bond donors (Lipinski definition) is 0. The molecule has 0 saturated carbocycles. The Labute approximate surface area is 180 Å². The first-order chi connectivity index (χ1) is 14.4. The van der Waals surface area contributed by atoms with Crippen LogP contribution >= 0.6 is 0 Å². The van der Waals surface area contributed by atoms with Gasteiger partial charge in [0.15, 0.2) is 0 Å². The van der Waals surface area contributed by atoms with E-state index in [-0.39, 0.29) is 16.8 Å². The van der Waals surface area contributed by atoms with Gasteiger partial charge in [-0.2, -0.15) is 4.31 Å². The van der Waals surface area contributed by atoms with Gasteiger partial charge in [-0.15, -0.1) is 0 Å². The maximum absolute atomic E-state index is 13.5. The van der Waals surface area contributed by atoms with Gasteiger partial charge in [0.2, 0.25) is 10.0 Å². The van der Waals surface area contributed by atoms with Crippen LogP contribution in [-0.2, 0) is 22.9 Å². The van der Waals surface area contributed by atoms with Crippen molar-refractivity contribution in [1.29, 1.82) is 0 Å². The zero-order chi connectivity index (χ0) is 21.7. The molecule has 0 N–H and O–H groups in total. The number of benzene rings is 2. The highest BCUT2D eigenvalue weighted by Crippen LogP contribution is 2.26. The van der Waals surface area contributed by atoms with Crippen LogP contribution in [0.1, 0.15) is 55.1 Å². The summed E-state index contributed by atoms with van der Waals surface area (Å²) in [4.78, 5) is 15.6. The summed E-state index contributed by atoms with van der Waals surface area (Å²) in [7, 11) is -3.60. The number of aryl methyl sites for hydroxylation is 1. The van der Waals surface area contributed by atoms with Gasteiger partial charge in [-0.1, -0.05) is 51.1 Å². The fraction of sp³-hybridized carbons (Fsp3) is 0.458. The minimum atomic E-state index is -3.60. The van der Waals surface area contributed by atoms with Crippen LogP contribution in [0.25, 0.3) is 0 Å². The molecule has 1 unspecified atom stereocenters. The molecule has 6 heteroatoms. The van der Waals surface area contributed by atoms with Crippen LogP contribution in [0.2, 0.25) is 0 Å². The minimum absolute atomic E-state index is 0.0853. The smallest absolute Gasteiger partial charge is 0.254 e. The van der Waals surface area contributed by atoms with E-state index in [0.717, 1.165) is 25.7 Å². The standard InChI is InChI=1S/C24H32N2O3S/c1-4-16-26(22-15-14-19-10-7-8-11-20(19)17-22)24(27)21-12-9-13-23(18-21)30(28,29)25(5-2)6-3/h7-13,18,22H,4-6,14-17H2,1-3H3. The van der Waals surface area contributed by atoms with Crippen molar-refractivity contribution in [2.24, 2.45) is 0 Å². The Morgan fingerprint density at radius 2 is 1.70 bits per heavy atom. The Balaban J connectivity index is 1.88. The Hall–Kier alpha value is -2.18. The molecule has 0 spiro atoms. The minimum Gasteiger partial charge on any atom is -0.335 e. The first-order valence-corrected chi connectivity index (χ1v) is 12.3. The van der Waals surface area contributed by atoms with Crippen LogP contribution in [0.3, 0.4) is 0 Å². The first-order valence-electron chi connectivity index (χ1n) is 10.9. The third-order valence-electron chi connectivity index (χ3n) is 5.91. The van der Waals surface area contributed by atoms with Crippen LogP contribution in [0.15, 0.2) is 53.4 Å². The largest absolute Gasteiger partial charge is 0.335 e. The molecular weight excluding hydrogens is 396 g/mol. The first kappa shape index (κ1) is 22.5. The lowest BCUT2D eigenvalue weighted by Gasteiger charge is -2.35. The summed E-state index contributed by atoms with van der Waals surface area (Å²) in [6, 6.07) is 15.1. The third-order valence-corrected chi connectivity index (χ3v) is 7.96. The van der Waals surface area contributed by atoms with Gasteiger partial charge in [0, 0.05) is 31.2 Å². The maximum atomic E-state index is 13.5. The van der Waals surface area contributed by atoms with E-state index in [2.05, 4.69) is 31.2 Å². The monoisotopic (exact) mass is 428 g/mol. The van der Waals surface area contributed by atoms with Gasteiger partial charge in [0.05, 0.1) is 4.90 Å². The highest BCUT2D eigenvalue weighted by molar-refractivity contribution is 7.89. The van der Waals surface area contributed by atoms with Crippen LogP contribution in [0, 0.1) is 0 Å². The molecule has 0 radical (unpaired) electrons.